The Kier molecular flexibility index (Phi) is 6.29. The SMILES string of the molecule is COc1ccc(Br)c(C(=O)Nc2nnc(SCc3ccc(C)cc3)s2)c1. The molecule has 134 valence electrons. The first-order chi connectivity index (χ1) is 12.5. The first-order valence-electron chi connectivity index (χ1n) is 7.72. The molecule has 1 heterocycles. The molecule has 0 unspecified atom stereocenters. The Morgan fingerprint density at radius 2 is 2.00 bits per heavy atom. The molecule has 0 atom stereocenters. The van der Waals surface area contributed by atoms with Gasteiger partial charge in [-0.25, -0.2) is 0 Å². The van der Waals surface area contributed by atoms with Crippen molar-refractivity contribution in [2.75, 3.05) is 12.4 Å². The van der Waals surface area contributed by atoms with Crippen LogP contribution in [0, 0.1) is 6.92 Å². The quantitative estimate of drug-likeness (QED) is 0.415. The molecule has 1 N–H and O–H groups in total. The molecule has 0 aliphatic heterocycles. The lowest BCUT2D eigenvalue weighted by atomic mass is 10.2. The van der Waals surface area contributed by atoms with Gasteiger partial charge in [0.05, 0.1) is 12.7 Å². The maximum absolute atomic E-state index is 12.5. The van der Waals surface area contributed by atoms with Gasteiger partial charge in [0.25, 0.3) is 5.91 Å². The Labute approximate surface area is 168 Å². The zero-order valence-corrected chi connectivity index (χ0v) is 17.4. The van der Waals surface area contributed by atoms with Crippen LogP contribution in [0.3, 0.4) is 0 Å². The number of nitrogens with one attached hydrogen (secondary N) is 1. The monoisotopic (exact) mass is 449 g/mol. The van der Waals surface area contributed by atoms with Gasteiger partial charge >= 0.3 is 0 Å². The highest BCUT2D eigenvalue weighted by Gasteiger charge is 2.14. The number of ether oxygens (including phenoxy) is 1. The van der Waals surface area contributed by atoms with Crippen LogP contribution in [0.4, 0.5) is 5.13 Å². The standard InChI is InChI=1S/C18H16BrN3O2S2/c1-11-3-5-12(6-4-11)10-25-18-22-21-17(26-18)20-16(23)14-9-13(24-2)7-8-15(14)19/h3-9H,10H2,1-2H3,(H,20,21,23). The summed E-state index contributed by atoms with van der Waals surface area (Å²) in [6.45, 7) is 2.07. The summed E-state index contributed by atoms with van der Waals surface area (Å²) >= 11 is 6.33. The average molecular weight is 450 g/mol. The Balaban J connectivity index is 1.63. The van der Waals surface area contributed by atoms with Gasteiger partial charge in [0.2, 0.25) is 5.13 Å². The summed E-state index contributed by atoms with van der Waals surface area (Å²) in [5.41, 5.74) is 2.94. The molecule has 3 aromatic rings. The summed E-state index contributed by atoms with van der Waals surface area (Å²) in [5.74, 6) is 1.16. The Morgan fingerprint density at radius 1 is 1.23 bits per heavy atom. The van der Waals surface area contributed by atoms with Crippen LogP contribution in [-0.4, -0.2) is 23.2 Å². The number of aryl methyl sites for hydroxylation is 1. The van der Waals surface area contributed by atoms with E-state index in [-0.39, 0.29) is 5.91 Å². The van der Waals surface area contributed by atoms with E-state index < -0.39 is 0 Å². The second kappa shape index (κ2) is 8.66. The van der Waals surface area contributed by atoms with Crippen molar-refractivity contribution in [2.45, 2.75) is 17.0 Å². The van der Waals surface area contributed by atoms with Crippen molar-refractivity contribution in [1.29, 1.82) is 0 Å². The molecule has 1 aromatic heterocycles. The molecule has 0 saturated heterocycles. The molecule has 3 rings (SSSR count). The molecule has 0 aliphatic carbocycles. The van der Waals surface area contributed by atoms with Gasteiger partial charge in [0.15, 0.2) is 4.34 Å². The fourth-order valence-electron chi connectivity index (χ4n) is 2.12. The third kappa shape index (κ3) is 4.84. The lowest BCUT2D eigenvalue weighted by molar-refractivity contribution is 0.102. The zero-order chi connectivity index (χ0) is 18.5. The first kappa shape index (κ1) is 18.9. The van der Waals surface area contributed by atoms with Gasteiger partial charge in [-0.05, 0) is 46.6 Å². The maximum Gasteiger partial charge on any atom is 0.258 e. The van der Waals surface area contributed by atoms with Crippen molar-refractivity contribution in [3.63, 3.8) is 0 Å². The van der Waals surface area contributed by atoms with E-state index in [1.54, 1.807) is 37.1 Å². The van der Waals surface area contributed by atoms with Crippen molar-refractivity contribution in [1.82, 2.24) is 10.2 Å². The van der Waals surface area contributed by atoms with E-state index in [0.29, 0.717) is 20.9 Å². The maximum atomic E-state index is 12.5. The normalized spacial score (nSPS) is 10.6. The zero-order valence-electron chi connectivity index (χ0n) is 14.2. The van der Waals surface area contributed by atoms with Crippen LogP contribution in [0.1, 0.15) is 21.5 Å². The number of nitrogens with zero attached hydrogens (tertiary/aromatic N) is 2. The number of carbonyl (C=O) groups excluding carboxylic acids is 1. The molecule has 0 fully saturated rings. The minimum Gasteiger partial charge on any atom is -0.497 e. The Hall–Kier alpha value is -1.90. The van der Waals surface area contributed by atoms with Gasteiger partial charge in [-0.1, -0.05) is 52.9 Å². The number of carbonyl (C=O) groups is 1. The number of benzene rings is 2. The van der Waals surface area contributed by atoms with Gasteiger partial charge in [-0.3, -0.25) is 10.1 Å². The van der Waals surface area contributed by atoms with Crippen LogP contribution in [0.2, 0.25) is 0 Å². The van der Waals surface area contributed by atoms with Crippen LogP contribution in [0.5, 0.6) is 5.75 Å². The third-order valence-electron chi connectivity index (χ3n) is 3.53. The molecule has 0 saturated carbocycles. The predicted molar refractivity (Wildman–Crippen MR) is 109 cm³/mol. The van der Waals surface area contributed by atoms with E-state index in [4.69, 9.17) is 4.74 Å². The van der Waals surface area contributed by atoms with Gasteiger partial charge in [0, 0.05) is 10.2 Å². The molecule has 1 amide bonds. The van der Waals surface area contributed by atoms with Crippen molar-refractivity contribution < 1.29 is 9.53 Å². The van der Waals surface area contributed by atoms with Crippen molar-refractivity contribution >= 4 is 50.1 Å². The van der Waals surface area contributed by atoms with Crippen LogP contribution in [0.25, 0.3) is 0 Å². The number of amides is 1. The number of halogens is 1. The van der Waals surface area contributed by atoms with Crippen molar-refractivity contribution in [3.8, 4) is 5.75 Å². The van der Waals surface area contributed by atoms with Crippen molar-refractivity contribution in [2.24, 2.45) is 0 Å². The van der Waals surface area contributed by atoms with E-state index in [2.05, 4.69) is 62.6 Å². The molecule has 8 heteroatoms. The first-order valence-corrected chi connectivity index (χ1v) is 10.3. The van der Waals surface area contributed by atoms with E-state index >= 15 is 0 Å². The summed E-state index contributed by atoms with van der Waals surface area (Å²) < 4.78 is 6.67. The molecule has 0 aliphatic rings. The topological polar surface area (TPSA) is 64.1 Å². The molecule has 0 bridgehead atoms. The van der Waals surface area contributed by atoms with Crippen molar-refractivity contribution in [3.05, 3.63) is 63.6 Å². The number of aromatic nitrogens is 2. The smallest absolute Gasteiger partial charge is 0.258 e. The second-order valence-electron chi connectivity index (χ2n) is 5.45. The van der Waals surface area contributed by atoms with E-state index in [0.717, 1.165) is 10.1 Å². The lowest BCUT2D eigenvalue weighted by Gasteiger charge is -2.06. The summed E-state index contributed by atoms with van der Waals surface area (Å²) in [4.78, 5) is 12.5. The summed E-state index contributed by atoms with van der Waals surface area (Å²) in [7, 11) is 1.56. The Morgan fingerprint density at radius 3 is 2.73 bits per heavy atom. The van der Waals surface area contributed by atoms with Gasteiger partial charge in [0.1, 0.15) is 5.75 Å². The summed E-state index contributed by atoms with van der Waals surface area (Å²) in [6, 6.07) is 13.6. The highest BCUT2D eigenvalue weighted by atomic mass is 79.9. The number of anilines is 1. The van der Waals surface area contributed by atoms with E-state index in [1.807, 2.05) is 0 Å². The minimum atomic E-state index is -0.262. The highest BCUT2D eigenvalue weighted by Crippen LogP contribution is 2.29. The number of hydrogen-bond acceptors (Lipinski definition) is 6. The third-order valence-corrected chi connectivity index (χ3v) is 6.26. The van der Waals surface area contributed by atoms with Crippen LogP contribution >= 0.6 is 39.0 Å². The molecule has 0 radical (unpaired) electrons. The second-order valence-corrected chi connectivity index (χ2v) is 8.50. The molecular weight excluding hydrogens is 434 g/mol. The fraction of sp³-hybridized carbons (Fsp3) is 0.167. The van der Waals surface area contributed by atoms with E-state index in [9.17, 15) is 4.79 Å². The van der Waals surface area contributed by atoms with Gasteiger partial charge in [-0.2, -0.15) is 0 Å². The number of methoxy groups -OCH3 is 1. The lowest BCUT2D eigenvalue weighted by Crippen LogP contribution is -2.12. The fourth-order valence-corrected chi connectivity index (χ4v) is 4.25. The van der Waals surface area contributed by atoms with Crippen LogP contribution in [-0.2, 0) is 5.75 Å². The molecule has 0 spiro atoms. The number of rotatable bonds is 6. The Bertz CT molecular complexity index is 913. The number of hydrogen-bond donors (Lipinski definition) is 1. The van der Waals surface area contributed by atoms with Crippen LogP contribution in [0.15, 0.2) is 51.3 Å². The van der Waals surface area contributed by atoms with E-state index in [1.165, 1.54) is 22.5 Å². The largest absolute Gasteiger partial charge is 0.497 e. The minimum absolute atomic E-state index is 0.262. The number of thioether (sulfide) groups is 1. The average Bonchev–Trinajstić information content (AvgIpc) is 3.09. The molecule has 2 aromatic carbocycles. The molecule has 5 nitrogen and oxygen atoms in total. The van der Waals surface area contributed by atoms with Gasteiger partial charge < -0.3 is 4.74 Å². The summed E-state index contributed by atoms with van der Waals surface area (Å²) in [5, 5.41) is 11.4. The molecular formula is C18H16BrN3O2S2. The highest BCUT2D eigenvalue weighted by molar-refractivity contribution is 9.10. The van der Waals surface area contributed by atoms with Crippen LogP contribution < -0.4 is 10.1 Å². The molecule has 26 heavy (non-hydrogen) atoms. The summed E-state index contributed by atoms with van der Waals surface area (Å²) in [6.07, 6.45) is 0. The van der Waals surface area contributed by atoms with Gasteiger partial charge in [-0.15, -0.1) is 10.2 Å². The predicted octanol–water partition coefficient (Wildman–Crippen LogP) is 5.16.